The Bertz CT molecular complexity index is 390. The molecule has 1 aromatic carbocycles. The Morgan fingerprint density at radius 1 is 1.18 bits per heavy atom. The van der Waals surface area contributed by atoms with Crippen LogP contribution < -0.4 is 5.32 Å². The van der Waals surface area contributed by atoms with E-state index in [0.717, 1.165) is 12.5 Å². The standard InChI is InChI=1S/C16H23N/c1-12-3-5-13(6-4-12)15-11-17-10-9-16(15,2)14-7-8-14/h3-6,14-15,17H,7-11H2,1-2H3. The Morgan fingerprint density at radius 2 is 1.88 bits per heavy atom. The van der Waals surface area contributed by atoms with Crippen LogP contribution in [0.15, 0.2) is 24.3 Å². The lowest BCUT2D eigenvalue weighted by atomic mass is 9.66. The molecule has 3 rings (SSSR count). The number of hydrogen-bond acceptors (Lipinski definition) is 1. The van der Waals surface area contributed by atoms with Crippen LogP contribution in [0.2, 0.25) is 0 Å². The molecular weight excluding hydrogens is 206 g/mol. The Kier molecular flexibility index (Phi) is 2.74. The fourth-order valence-electron chi connectivity index (χ4n) is 3.54. The minimum absolute atomic E-state index is 0.542. The van der Waals surface area contributed by atoms with Gasteiger partial charge in [-0.05, 0) is 49.6 Å². The Balaban J connectivity index is 1.90. The molecule has 1 saturated carbocycles. The molecule has 1 saturated heterocycles. The first kappa shape index (κ1) is 11.3. The summed E-state index contributed by atoms with van der Waals surface area (Å²) in [6.07, 6.45) is 4.26. The first-order valence-corrected chi connectivity index (χ1v) is 6.97. The summed E-state index contributed by atoms with van der Waals surface area (Å²) in [5, 5.41) is 3.59. The summed E-state index contributed by atoms with van der Waals surface area (Å²) in [6, 6.07) is 9.20. The quantitative estimate of drug-likeness (QED) is 0.818. The van der Waals surface area contributed by atoms with Gasteiger partial charge >= 0.3 is 0 Å². The lowest BCUT2D eigenvalue weighted by Gasteiger charge is -2.43. The zero-order valence-corrected chi connectivity index (χ0v) is 11.0. The molecule has 2 atom stereocenters. The van der Waals surface area contributed by atoms with Gasteiger partial charge in [-0.1, -0.05) is 36.8 Å². The van der Waals surface area contributed by atoms with Crippen molar-refractivity contribution in [2.75, 3.05) is 13.1 Å². The summed E-state index contributed by atoms with van der Waals surface area (Å²) in [7, 11) is 0. The van der Waals surface area contributed by atoms with Gasteiger partial charge in [0, 0.05) is 12.5 Å². The van der Waals surface area contributed by atoms with E-state index in [-0.39, 0.29) is 0 Å². The molecule has 1 heteroatoms. The molecule has 1 aliphatic heterocycles. The first-order chi connectivity index (χ1) is 8.20. The zero-order valence-electron chi connectivity index (χ0n) is 11.0. The van der Waals surface area contributed by atoms with Gasteiger partial charge in [0.1, 0.15) is 0 Å². The van der Waals surface area contributed by atoms with Crippen LogP contribution in [-0.2, 0) is 0 Å². The summed E-state index contributed by atoms with van der Waals surface area (Å²) in [5.41, 5.74) is 3.45. The Hall–Kier alpha value is -0.820. The van der Waals surface area contributed by atoms with Crippen LogP contribution in [0.4, 0.5) is 0 Å². The minimum atomic E-state index is 0.542. The second kappa shape index (κ2) is 4.13. The Morgan fingerprint density at radius 3 is 2.53 bits per heavy atom. The van der Waals surface area contributed by atoms with E-state index < -0.39 is 0 Å². The molecule has 2 unspecified atom stereocenters. The lowest BCUT2D eigenvalue weighted by Crippen LogP contribution is -2.43. The van der Waals surface area contributed by atoms with E-state index in [0.29, 0.717) is 11.3 Å². The molecule has 0 spiro atoms. The van der Waals surface area contributed by atoms with Crippen molar-refractivity contribution in [2.24, 2.45) is 11.3 Å². The van der Waals surface area contributed by atoms with E-state index in [1.165, 1.54) is 36.9 Å². The maximum Gasteiger partial charge on any atom is 0.00255 e. The van der Waals surface area contributed by atoms with Crippen molar-refractivity contribution in [3.63, 3.8) is 0 Å². The average molecular weight is 229 g/mol. The lowest BCUT2D eigenvalue weighted by molar-refractivity contribution is 0.154. The number of nitrogens with one attached hydrogen (secondary N) is 1. The third kappa shape index (κ3) is 2.01. The molecule has 1 aromatic rings. The molecule has 1 aliphatic carbocycles. The Labute approximate surface area is 105 Å². The molecule has 0 amide bonds. The minimum Gasteiger partial charge on any atom is -0.316 e. The topological polar surface area (TPSA) is 12.0 Å². The highest BCUT2D eigenvalue weighted by atomic mass is 14.9. The molecule has 92 valence electrons. The molecular formula is C16H23N. The summed E-state index contributed by atoms with van der Waals surface area (Å²) < 4.78 is 0. The number of piperidine rings is 1. The molecule has 2 fully saturated rings. The predicted molar refractivity (Wildman–Crippen MR) is 72.2 cm³/mol. The van der Waals surface area contributed by atoms with Crippen LogP contribution in [0, 0.1) is 18.3 Å². The van der Waals surface area contributed by atoms with Crippen molar-refractivity contribution < 1.29 is 0 Å². The molecule has 2 aliphatic rings. The van der Waals surface area contributed by atoms with Crippen molar-refractivity contribution in [2.45, 2.75) is 39.0 Å². The van der Waals surface area contributed by atoms with Gasteiger partial charge in [0.2, 0.25) is 0 Å². The molecule has 1 heterocycles. The van der Waals surface area contributed by atoms with E-state index in [4.69, 9.17) is 0 Å². The molecule has 0 bridgehead atoms. The summed E-state index contributed by atoms with van der Waals surface area (Å²) >= 11 is 0. The van der Waals surface area contributed by atoms with E-state index in [9.17, 15) is 0 Å². The van der Waals surface area contributed by atoms with Crippen LogP contribution in [-0.4, -0.2) is 13.1 Å². The molecule has 0 aromatic heterocycles. The summed E-state index contributed by atoms with van der Waals surface area (Å²) in [5.74, 6) is 1.69. The van der Waals surface area contributed by atoms with E-state index >= 15 is 0 Å². The van der Waals surface area contributed by atoms with Gasteiger partial charge in [0.15, 0.2) is 0 Å². The second-order valence-corrected chi connectivity index (χ2v) is 6.20. The normalized spacial score (nSPS) is 33.6. The number of hydrogen-bond donors (Lipinski definition) is 1. The van der Waals surface area contributed by atoms with Gasteiger partial charge in [-0.25, -0.2) is 0 Å². The van der Waals surface area contributed by atoms with E-state index in [1.807, 2.05) is 0 Å². The van der Waals surface area contributed by atoms with Gasteiger partial charge < -0.3 is 5.32 Å². The van der Waals surface area contributed by atoms with Crippen LogP contribution in [0.25, 0.3) is 0 Å². The molecule has 1 N–H and O–H groups in total. The number of benzene rings is 1. The third-order valence-corrected chi connectivity index (χ3v) is 4.97. The van der Waals surface area contributed by atoms with Gasteiger partial charge in [-0.2, -0.15) is 0 Å². The maximum absolute atomic E-state index is 3.59. The van der Waals surface area contributed by atoms with Gasteiger partial charge in [-0.15, -0.1) is 0 Å². The smallest absolute Gasteiger partial charge is 0.00255 e. The first-order valence-electron chi connectivity index (χ1n) is 6.97. The number of aryl methyl sites for hydroxylation is 1. The number of rotatable bonds is 2. The van der Waals surface area contributed by atoms with Gasteiger partial charge in [0.05, 0.1) is 0 Å². The van der Waals surface area contributed by atoms with Crippen LogP contribution in [0.3, 0.4) is 0 Å². The van der Waals surface area contributed by atoms with Gasteiger partial charge in [0.25, 0.3) is 0 Å². The third-order valence-electron chi connectivity index (χ3n) is 4.97. The highest BCUT2D eigenvalue weighted by molar-refractivity contribution is 5.28. The summed E-state index contributed by atoms with van der Waals surface area (Å²) in [4.78, 5) is 0. The monoisotopic (exact) mass is 229 g/mol. The van der Waals surface area contributed by atoms with E-state index in [2.05, 4.69) is 43.4 Å². The maximum atomic E-state index is 3.59. The highest BCUT2D eigenvalue weighted by Crippen LogP contribution is 2.55. The fourth-order valence-corrected chi connectivity index (χ4v) is 3.54. The molecule has 0 radical (unpaired) electrons. The van der Waals surface area contributed by atoms with Crippen molar-refractivity contribution in [1.29, 1.82) is 0 Å². The van der Waals surface area contributed by atoms with Crippen molar-refractivity contribution >= 4 is 0 Å². The van der Waals surface area contributed by atoms with E-state index in [1.54, 1.807) is 0 Å². The van der Waals surface area contributed by atoms with Crippen molar-refractivity contribution in [3.8, 4) is 0 Å². The average Bonchev–Trinajstić information content (AvgIpc) is 3.15. The molecule has 17 heavy (non-hydrogen) atoms. The van der Waals surface area contributed by atoms with Crippen LogP contribution in [0.1, 0.15) is 43.2 Å². The zero-order chi connectivity index (χ0) is 11.9. The molecule has 1 nitrogen and oxygen atoms in total. The van der Waals surface area contributed by atoms with Gasteiger partial charge in [-0.3, -0.25) is 0 Å². The van der Waals surface area contributed by atoms with Crippen LogP contribution >= 0.6 is 0 Å². The predicted octanol–water partition coefficient (Wildman–Crippen LogP) is 3.49. The van der Waals surface area contributed by atoms with Crippen molar-refractivity contribution in [3.05, 3.63) is 35.4 Å². The highest BCUT2D eigenvalue weighted by Gasteiger charge is 2.47. The van der Waals surface area contributed by atoms with Crippen LogP contribution in [0.5, 0.6) is 0 Å². The summed E-state index contributed by atoms with van der Waals surface area (Å²) in [6.45, 7) is 7.06. The SMILES string of the molecule is Cc1ccc(C2CNCCC2(C)C2CC2)cc1. The fraction of sp³-hybridized carbons (Fsp3) is 0.625. The second-order valence-electron chi connectivity index (χ2n) is 6.20. The van der Waals surface area contributed by atoms with Crippen molar-refractivity contribution in [1.82, 2.24) is 5.32 Å². The largest absolute Gasteiger partial charge is 0.316 e.